The third-order valence-corrected chi connectivity index (χ3v) is 8.84. The van der Waals surface area contributed by atoms with Crippen molar-refractivity contribution in [1.82, 2.24) is 9.62 Å². The van der Waals surface area contributed by atoms with Crippen LogP contribution in [-0.2, 0) is 20.2 Å². The highest BCUT2D eigenvalue weighted by molar-refractivity contribution is 7.91. The number of amides is 1. The van der Waals surface area contributed by atoms with Gasteiger partial charge in [-0.25, -0.2) is 12.7 Å². The molecule has 0 spiro atoms. The minimum atomic E-state index is -3.44. The zero-order valence-electron chi connectivity index (χ0n) is 16.3. The van der Waals surface area contributed by atoms with Gasteiger partial charge in [-0.15, -0.1) is 11.3 Å². The molecule has 0 atom stereocenters. The van der Waals surface area contributed by atoms with Gasteiger partial charge in [0.05, 0.1) is 0 Å². The second-order valence-corrected chi connectivity index (χ2v) is 10.7. The van der Waals surface area contributed by atoms with Crippen molar-refractivity contribution in [2.75, 3.05) is 20.1 Å². The minimum absolute atomic E-state index is 0.0101. The van der Waals surface area contributed by atoms with Gasteiger partial charge >= 0.3 is 0 Å². The molecule has 1 heterocycles. The van der Waals surface area contributed by atoms with Crippen molar-refractivity contribution >= 4 is 27.3 Å². The Morgan fingerprint density at radius 3 is 2.50 bits per heavy atom. The summed E-state index contributed by atoms with van der Waals surface area (Å²) in [5.74, 6) is -0.0101. The molecule has 3 rings (SSSR count). The molecule has 28 heavy (non-hydrogen) atoms. The molecule has 1 saturated carbocycles. The lowest BCUT2D eigenvalue weighted by molar-refractivity contribution is -0.121. The summed E-state index contributed by atoms with van der Waals surface area (Å²) in [4.78, 5) is 12.4. The van der Waals surface area contributed by atoms with Gasteiger partial charge in [-0.1, -0.05) is 49.2 Å². The van der Waals surface area contributed by atoms with Crippen molar-refractivity contribution in [1.29, 1.82) is 0 Å². The van der Waals surface area contributed by atoms with Gasteiger partial charge in [0, 0.05) is 32.0 Å². The zero-order valence-corrected chi connectivity index (χ0v) is 17.9. The normalized spacial score (nSPS) is 16.4. The number of hydrogen-bond acceptors (Lipinski definition) is 4. The maximum absolute atomic E-state index is 12.4. The molecule has 0 unspecified atom stereocenters. The predicted molar refractivity (Wildman–Crippen MR) is 113 cm³/mol. The molecule has 0 radical (unpaired) electrons. The van der Waals surface area contributed by atoms with Crippen LogP contribution in [0.25, 0.3) is 0 Å². The van der Waals surface area contributed by atoms with Gasteiger partial charge in [-0.05, 0) is 36.3 Å². The summed E-state index contributed by atoms with van der Waals surface area (Å²) in [6, 6.07) is 13.8. The van der Waals surface area contributed by atoms with Gasteiger partial charge < -0.3 is 5.32 Å². The Bertz CT molecular complexity index is 858. The molecule has 0 aliphatic heterocycles. The molecule has 1 aliphatic carbocycles. The van der Waals surface area contributed by atoms with Crippen LogP contribution in [0.5, 0.6) is 0 Å². The number of nitrogens with one attached hydrogen (secondary N) is 1. The molecule has 1 aliphatic rings. The quantitative estimate of drug-likeness (QED) is 0.671. The molecule has 2 aromatic rings. The molecule has 5 nitrogen and oxygen atoms in total. The Balaban J connectivity index is 1.48. The van der Waals surface area contributed by atoms with Crippen LogP contribution in [0.2, 0.25) is 0 Å². The number of carbonyl (C=O) groups is 1. The second kappa shape index (κ2) is 9.20. The van der Waals surface area contributed by atoms with E-state index in [1.165, 1.54) is 34.0 Å². The summed E-state index contributed by atoms with van der Waals surface area (Å²) in [6.07, 6.45) is 5.41. The number of carbonyl (C=O) groups excluding carboxylic acids is 1. The van der Waals surface area contributed by atoms with Crippen molar-refractivity contribution in [2.45, 2.75) is 48.1 Å². The molecular weight excluding hydrogens is 392 g/mol. The fourth-order valence-corrected chi connectivity index (χ4v) is 6.32. The number of thiophene rings is 1. The highest BCUT2D eigenvalue weighted by Crippen LogP contribution is 2.40. The van der Waals surface area contributed by atoms with E-state index in [4.69, 9.17) is 0 Å². The van der Waals surface area contributed by atoms with Crippen LogP contribution in [0.1, 0.15) is 44.1 Å². The van der Waals surface area contributed by atoms with Crippen LogP contribution in [0.15, 0.2) is 52.1 Å². The number of benzene rings is 1. The second-order valence-electron chi connectivity index (χ2n) is 7.49. The van der Waals surface area contributed by atoms with E-state index in [1.54, 1.807) is 24.6 Å². The van der Waals surface area contributed by atoms with Crippen molar-refractivity contribution < 1.29 is 13.2 Å². The van der Waals surface area contributed by atoms with E-state index in [-0.39, 0.29) is 11.3 Å². The topological polar surface area (TPSA) is 66.5 Å². The third-order valence-electron chi connectivity index (χ3n) is 5.61. The standard InChI is InChI=1S/C21H28N2O3S2/c1-23(28(25,26)20-12-8-16-27-20)15-7-11-19(24)22-17-21(13-5-6-14-21)18-9-3-2-4-10-18/h2-4,8-10,12,16H,5-7,11,13-15,17H2,1H3,(H,22,24). The molecule has 1 amide bonds. The van der Waals surface area contributed by atoms with Crippen molar-refractivity contribution in [2.24, 2.45) is 0 Å². The average molecular weight is 421 g/mol. The summed E-state index contributed by atoms with van der Waals surface area (Å²) < 4.78 is 26.5. The fraction of sp³-hybridized carbons (Fsp3) is 0.476. The van der Waals surface area contributed by atoms with Crippen molar-refractivity contribution in [3.05, 3.63) is 53.4 Å². The summed E-state index contributed by atoms with van der Waals surface area (Å²) >= 11 is 1.21. The summed E-state index contributed by atoms with van der Waals surface area (Å²) in [5, 5.41) is 4.85. The average Bonchev–Trinajstić information content (AvgIpc) is 3.40. The molecule has 1 aromatic carbocycles. The first kappa shape index (κ1) is 21.0. The van der Waals surface area contributed by atoms with Crippen molar-refractivity contribution in [3.8, 4) is 0 Å². The van der Waals surface area contributed by atoms with Gasteiger partial charge in [-0.2, -0.15) is 0 Å². The Labute approximate surface area is 171 Å². The van der Waals surface area contributed by atoms with Crippen LogP contribution < -0.4 is 5.32 Å². The number of rotatable bonds is 9. The van der Waals surface area contributed by atoms with Gasteiger partial charge in [0.1, 0.15) is 4.21 Å². The lowest BCUT2D eigenvalue weighted by Crippen LogP contribution is -2.39. The molecule has 152 valence electrons. The monoisotopic (exact) mass is 420 g/mol. The first-order chi connectivity index (χ1) is 13.4. The summed E-state index contributed by atoms with van der Waals surface area (Å²) in [7, 11) is -1.88. The molecule has 1 fully saturated rings. The smallest absolute Gasteiger partial charge is 0.252 e. The Hall–Kier alpha value is -1.70. The molecule has 0 bridgehead atoms. The molecule has 1 aromatic heterocycles. The van der Waals surface area contributed by atoms with Gasteiger partial charge in [0.2, 0.25) is 5.91 Å². The van der Waals surface area contributed by atoms with E-state index in [9.17, 15) is 13.2 Å². The SMILES string of the molecule is CN(CCCC(=O)NCC1(c2ccccc2)CCCC1)S(=O)(=O)c1cccs1. The molecule has 7 heteroatoms. The Morgan fingerprint density at radius 1 is 1.14 bits per heavy atom. The number of sulfonamides is 1. The maximum Gasteiger partial charge on any atom is 0.252 e. The third kappa shape index (κ3) is 4.82. The largest absolute Gasteiger partial charge is 0.355 e. The Morgan fingerprint density at radius 2 is 1.86 bits per heavy atom. The Kier molecular flexibility index (Phi) is 6.91. The minimum Gasteiger partial charge on any atom is -0.355 e. The summed E-state index contributed by atoms with van der Waals surface area (Å²) in [6.45, 7) is 0.983. The van der Waals surface area contributed by atoms with Crippen LogP contribution in [0.3, 0.4) is 0 Å². The lowest BCUT2D eigenvalue weighted by Gasteiger charge is -2.30. The molecular formula is C21H28N2O3S2. The summed E-state index contributed by atoms with van der Waals surface area (Å²) in [5.41, 5.74) is 1.34. The number of nitrogens with zero attached hydrogens (tertiary/aromatic N) is 1. The van der Waals surface area contributed by atoms with E-state index in [0.717, 1.165) is 12.8 Å². The maximum atomic E-state index is 12.4. The van der Waals surface area contributed by atoms with Crippen LogP contribution in [-0.4, -0.2) is 38.8 Å². The first-order valence-electron chi connectivity index (χ1n) is 9.76. The number of hydrogen-bond donors (Lipinski definition) is 1. The fourth-order valence-electron chi connectivity index (χ4n) is 3.91. The van der Waals surface area contributed by atoms with Gasteiger partial charge in [0.15, 0.2) is 0 Å². The lowest BCUT2D eigenvalue weighted by atomic mass is 9.79. The van der Waals surface area contributed by atoms with E-state index in [2.05, 4.69) is 29.6 Å². The highest BCUT2D eigenvalue weighted by Gasteiger charge is 2.35. The molecule has 1 N–H and O–H groups in total. The highest BCUT2D eigenvalue weighted by atomic mass is 32.2. The first-order valence-corrected chi connectivity index (χ1v) is 12.1. The van der Waals surface area contributed by atoms with E-state index in [1.807, 2.05) is 6.07 Å². The van der Waals surface area contributed by atoms with E-state index < -0.39 is 10.0 Å². The van der Waals surface area contributed by atoms with Crippen LogP contribution in [0, 0.1) is 0 Å². The zero-order chi connectivity index (χ0) is 20.0. The van der Waals surface area contributed by atoms with E-state index >= 15 is 0 Å². The van der Waals surface area contributed by atoms with Crippen LogP contribution >= 0.6 is 11.3 Å². The predicted octanol–water partition coefficient (Wildman–Crippen LogP) is 3.78. The van der Waals surface area contributed by atoms with Crippen LogP contribution in [0.4, 0.5) is 0 Å². The van der Waals surface area contributed by atoms with Gasteiger partial charge in [-0.3, -0.25) is 4.79 Å². The van der Waals surface area contributed by atoms with Crippen molar-refractivity contribution in [3.63, 3.8) is 0 Å². The van der Waals surface area contributed by atoms with Gasteiger partial charge in [0.25, 0.3) is 10.0 Å². The van der Waals surface area contributed by atoms with E-state index in [0.29, 0.717) is 30.1 Å². The molecule has 0 saturated heterocycles.